The molecule has 1 aliphatic rings. The van der Waals surface area contributed by atoms with Gasteiger partial charge in [0.25, 0.3) is 0 Å². The minimum absolute atomic E-state index is 0.156. The van der Waals surface area contributed by atoms with Gasteiger partial charge in [0, 0.05) is 19.5 Å². The Morgan fingerprint density at radius 3 is 2.25 bits per heavy atom. The van der Waals surface area contributed by atoms with Crippen molar-refractivity contribution >= 4 is 0 Å². The molecule has 5 heteroatoms. The van der Waals surface area contributed by atoms with E-state index >= 15 is 0 Å². The summed E-state index contributed by atoms with van der Waals surface area (Å²) in [4.78, 5) is 2.20. The van der Waals surface area contributed by atoms with Crippen LogP contribution in [0.25, 0.3) is 0 Å². The van der Waals surface area contributed by atoms with Crippen LogP contribution in [0.15, 0.2) is 0 Å². The molecule has 0 amide bonds. The van der Waals surface area contributed by atoms with E-state index in [4.69, 9.17) is 0 Å². The van der Waals surface area contributed by atoms with Gasteiger partial charge in [0.05, 0.1) is 5.60 Å². The lowest BCUT2D eigenvalue weighted by Gasteiger charge is -2.38. The van der Waals surface area contributed by atoms with Crippen LogP contribution in [0.2, 0.25) is 0 Å². The zero-order valence-electron chi connectivity index (χ0n) is 9.69. The maximum absolute atomic E-state index is 12.1. The molecule has 0 saturated carbocycles. The highest BCUT2D eigenvalue weighted by Crippen LogP contribution is 2.32. The smallest absolute Gasteiger partial charge is 0.389 e. The summed E-state index contributed by atoms with van der Waals surface area (Å²) in [5.74, 6) is 0. The molecule has 1 fully saturated rings. The summed E-state index contributed by atoms with van der Waals surface area (Å²) in [5.41, 5.74) is -1.10. The molecular weight excluding hydrogens is 219 g/mol. The Hall–Kier alpha value is -0.290. The molecule has 2 nitrogen and oxygen atoms in total. The van der Waals surface area contributed by atoms with Crippen LogP contribution in [0.5, 0.6) is 0 Å². The molecule has 0 unspecified atom stereocenters. The van der Waals surface area contributed by atoms with Gasteiger partial charge in [-0.2, -0.15) is 13.2 Å². The van der Waals surface area contributed by atoms with Crippen molar-refractivity contribution in [2.75, 3.05) is 19.6 Å². The molecule has 0 radical (unpaired) electrons. The Balaban J connectivity index is 2.32. The van der Waals surface area contributed by atoms with Crippen LogP contribution >= 0.6 is 0 Å². The predicted molar refractivity (Wildman–Crippen MR) is 56.2 cm³/mol. The summed E-state index contributed by atoms with van der Waals surface area (Å²) in [7, 11) is 0. The fourth-order valence-electron chi connectivity index (χ4n) is 2.13. The standard InChI is InChI=1S/C11H20F3NO/c1-2-7-15-8-5-10(16,6-9-15)3-4-11(12,13)14/h16H,2-9H2,1H3. The number of hydrogen-bond donors (Lipinski definition) is 1. The Morgan fingerprint density at radius 2 is 1.81 bits per heavy atom. The lowest BCUT2D eigenvalue weighted by molar-refractivity contribution is -0.150. The van der Waals surface area contributed by atoms with Crippen LogP contribution < -0.4 is 0 Å². The van der Waals surface area contributed by atoms with Gasteiger partial charge >= 0.3 is 6.18 Å². The molecule has 96 valence electrons. The lowest BCUT2D eigenvalue weighted by atomic mass is 9.87. The van der Waals surface area contributed by atoms with E-state index < -0.39 is 18.2 Å². The van der Waals surface area contributed by atoms with E-state index in [1.807, 2.05) is 0 Å². The van der Waals surface area contributed by atoms with Gasteiger partial charge in [-0.1, -0.05) is 6.92 Å². The third-order valence-electron chi connectivity index (χ3n) is 3.20. The van der Waals surface area contributed by atoms with Gasteiger partial charge in [-0.25, -0.2) is 0 Å². The zero-order chi connectivity index (χ0) is 12.2. The molecule has 0 aromatic heterocycles. The topological polar surface area (TPSA) is 23.5 Å². The maximum Gasteiger partial charge on any atom is 0.389 e. The van der Waals surface area contributed by atoms with Gasteiger partial charge < -0.3 is 10.0 Å². The van der Waals surface area contributed by atoms with Gasteiger partial charge in [-0.05, 0) is 32.2 Å². The number of aliphatic hydroxyl groups is 1. The number of likely N-dealkylation sites (tertiary alicyclic amines) is 1. The van der Waals surface area contributed by atoms with E-state index in [1.54, 1.807) is 0 Å². The molecule has 1 N–H and O–H groups in total. The Morgan fingerprint density at radius 1 is 1.25 bits per heavy atom. The Bertz CT molecular complexity index is 210. The molecule has 0 aromatic rings. The van der Waals surface area contributed by atoms with Crippen LogP contribution in [0, 0.1) is 0 Å². The van der Waals surface area contributed by atoms with Gasteiger partial charge in [-0.3, -0.25) is 0 Å². The SMILES string of the molecule is CCCN1CCC(O)(CCC(F)(F)F)CC1. The first-order valence-corrected chi connectivity index (χ1v) is 5.86. The molecule has 1 saturated heterocycles. The van der Waals surface area contributed by atoms with Crippen LogP contribution in [0.4, 0.5) is 13.2 Å². The second-order valence-corrected chi connectivity index (χ2v) is 4.68. The van der Waals surface area contributed by atoms with Crippen molar-refractivity contribution in [1.29, 1.82) is 0 Å². The Kier molecular flexibility index (Phi) is 4.62. The van der Waals surface area contributed by atoms with Crippen molar-refractivity contribution in [2.45, 2.75) is 50.8 Å². The molecule has 1 heterocycles. The van der Waals surface area contributed by atoms with Crippen LogP contribution in [0.3, 0.4) is 0 Å². The first-order valence-electron chi connectivity index (χ1n) is 5.86. The third-order valence-corrected chi connectivity index (χ3v) is 3.20. The quantitative estimate of drug-likeness (QED) is 0.815. The van der Waals surface area contributed by atoms with Gasteiger partial charge in [0.1, 0.15) is 0 Å². The minimum Gasteiger partial charge on any atom is -0.390 e. The van der Waals surface area contributed by atoms with Crippen LogP contribution in [0.1, 0.15) is 39.0 Å². The number of nitrogens with zero attached hydrogens (tertiary/aromatic N) is 1. The zero-order valence-corrected chi connectivity index (χ0v) is 9.69. The third kappa shape index (κ3) is 4.70. The second kappa shape index (κ2) is 5.36. The first kappa shape index (κ1) is 13.8. The van der Waals surface area contributed by atoms with Crippen molar-refractivity contribution in [3.8, 4) is 0 Å². The van der Waals surface area contributed by atoms with Gasteiger partial charge in [-0.15, -0.1) is 0 Å². The van der Waals surface area contributed by atoms with E-state index in [0.29, 0.717) is 25.9 Å². The van der Waals surface area contributed by atoms with E-state index in [0.717, 1.165) is 13.0 Å². The fraction of sp³-hybridized carbons (Fsp3) is 1.00. The second-order valence-electron chi connectivity index (χ2n) is 4.68. The lowest BCUT2D eigenvalue weighted by Crippen LogP contribution is -2.45. The highest BCUT2D eigenvalue weighted by atomic mass is 19.4. The largest absolute Gasteiger partial charge is 0.390 e. The number of piperidine rings is 1. The first-order chi connectivity index (χ1) is 7.35. The molecule has 0 aliphatic carbocycles. The van der Waals surface area contributed by atoms with Crippen LogP contribution in [-0.2, 0) is 0 Å². The van der Waals surface area contributed by atoms with E-state index in [-0.39, 0.29) is 6.42 Å². The molecule has 0 atom stereocenters. The number of alkyl halides is 3. The number of rotatable bonds is 4. The summed E-state index contributed by atoms with van der Waals surface area (Å²) in [6.07, 6.45) is -3.23. The average molecular weight is 239 g/mol. The summed E-state index contributed by atoms with van der Waals surface area (Å²) in [6.45, 7) is 4.46. The minimum atomic E-state index is -4.16. The Labute approximate surface area is 94.4 Å². The molecule has 16 heavy (non-hydrogen) atoms. The normalized spacial score (nSPS) is 22.3. The van der Waals surface area contributed by atoms with E-state index in [1.165, 1.54) is 0 Å². The molecule has 0 bridgehead atoms. The highest BCUT2D eigenvalue weighted by Gasteiger charge is 2.36. The van der Waals surface area contributed by atoms with Crippen molar-refractivity contribution in [2.24, 2.45) is 0 Å². The van der Waals surface area contributed by atoms with Crippen molar-refractivity contribution in [3.63, 3.8) is 0 Å². The van der Waals surface area contributed by atoms with Gasteiger partial charge in [0.2, 0.25) is 0 Å². The van der Waals surface area contributed by atoms with E-state index in [2.05, 4.69) is 11.8 Å². The molecule has 0 spiro atoms. The predicted octanol–water partition coefficient (Wildman–Crippen LogP) is 2.57. The number of halogens is 3. The molecule has 1 rings (SSSR count). The monoisotopic (exact) mass is 239 g/mol. The average Bonchev–Trinajstić information content (AvgIpc) is 2.19. The van der Waals surface area contributed by atoms with E-state index in [9.17, 15) is 18.3 Å². The van der Waals surface area contributed by atoms with Crippen molar-refractivity contribution < 1.29 is 18.3 Å². The molecular formula is C11H20F3NO. The fourth-order valence-corrected chi connectivity index (χ4v) is 2.13. The summed E-state index contributed by atoms with van der Waals surface area (Å²) in [5, 5.41) is 9.99. The van der Waals surface area contributed by atoms with Gasteiger partial charge in [0.15, 0.2) is 0 Å². The summed E-state index contributed by atoms with van der Waals surface area (Å²) < 4.78 is 36.2. The molecule has 1 aliphatic heterocycles. The maximum atomic E-state index is 12.1. The van der Waals surface area contributed by atoms with Crippen LogP contribution in [-0.4, -0.2) is 41.4 Å². The molecule has 0 aromatic carbocycles. The number of hydrogen-bond acceptors (Lipinski definition) is 2. The van der Waals surface area contributed by atoms with Crippen molar-refractivity contribution in [3.05, 3.63) is 0 Å². The summed E-state index contributed by atoms with van der Waals surface area (Å²) >= 11 is 0. The highest BCUT2D eigenvalue weighted by molar-refractivity contribution is 4.86. The van der Waals surface area contributed by atoms with Crippen molar-refractivity contribution in [1.82, 2.24) is 4.90 Å². The summed E-state index contributed by atoms with van der Waals surface area (Å²) in [6, 6.07) is 0.